The molecule has 1 heterocycles. The van der Waals surface area contributed by atoms with Crippen molar-refractivity contribution in [2.24, 2.45) is 0 Å². The summed E-state index contributed by atoms with van der Waals surface area (Å²) in [5, 5.41) is 3.39. The van der Waals surface area contributed by atoms with E-state index in [0.717, 1.165) is 10.9 Å². The summed E-state index contributed by atoms with van der Waals surface area (Å²) < 4.78 is 46.0. The highest BCUT2D eigenvalue weighted by Crippen LogP contribution is 2.22. The number of carbonyl (C=O) groups is 1. The minimum absolute atomic E-state index is 0.123. The predicted molar refractivity (Wildman–Crippen MR) is 81.6 cm³/mol. The van der Waals surface area contributed by atoms with Crippen molar-refractivity contribution in [2.45, 2.75) is 25.7 Å². The Morgan fingerprint density at radius 2 is 2.04 bits per heavy atom. The number of methoxy groups -OCH3 is 1. The summed E-state index contributed by atoms with van der Waals surface area (Å²) in [5.41, 5.74) is 1.44. The summed E-state index contributed by atoms with van der Waals surface area (Å²) >= 11 is 0. The van der Waals surface area contributed by atoms with Gasteiger partial charge in [-0.3, -0.25) is 4.79 Å². The molecule has 0 radical (unpaired) electrons. The number of benzene rings is 1. The van der Waals surface area contributed by atoms with Gasteiger partial charge in [0, 0.05) is 18.0 Å². The quantitative estimate of drug-likeness (QED) is 0.877. The molecule has 8 heteroatoms. The molecule has 1 N–H and O–H groups in total. The van der Waals surface area contributed by atoms with E-state index in [1.54, 1.807) is 12.1 Å². The maximum atomic E-state index is 12.1. The first kappa shape index (κ1) is 18.0. The second-order valence-electron chi connectivity index (χ2n) is 5.13. The van der Waals surface area contributed by atoms with E-state index >= 15 is 0 Å². The number of nitrogens with one attached hydrogen (secondary N) is 1. The number of nitrogens with zero attached hydrogens (tertiary/aromatic N) is 1. The lowest BCUT2D eigenvalue weighted by Crippen LogP contribution is -2.36. The second kappa shape index (κ2) is 7.48. The molecule has 24 heavy (non-hydrogen) atoms. The van der Waals surface area contributed by atoms with Crippen LogP contribution in [0.4, 0.5) is 13.2 Å². The summed E-state index contributed by atoms with van der Waals surface area (Å²) in [7, 11) is 1.48. The van der Waals surface area contributed by atoms with Crippen molar-refractivity contribution in [3.63, 3.8) is 0 Å². The third-order valence-electron chi connectivity index (χ3n) is 3.31. The Balaban J connectivity index is 2.06. The Kier molecular flexibility index (Phi) is 5.61. The molecular weight excluding hydrogens is 325 g/mol. The number of alkyl halides is 3. The maximum absolute atomic E-state index is 12.1. The molecule has 1 atom stereocenters. The van der Waals surface area contributed by atoms with Crippen LogP contribution in [-0.2, 0) is 16.1 Å². The number of amides is 1. The standard InChI is InChI=1S/C16H17F3N2O3/c1-10(24-9-16(17,18)19)15(22)20-8-11-7-14(23-2)21-13-6-4-3-5-12(11)13/h3-7,10H,8-9H2,1-2H3,(H,20,22)/t10-/m1/s1. The normalized spacial score (nSPS) is 12.9. The molecule has 5 nitrogen and oxygen atoms in total. The summed E-state index contributed by atoms with van der Waals surface area (Å²) in [6, 6.07) is 8.97. The van der Waals surface area contributed by atoms with Crippen molar-refractivity contribution in [1.82, 2.24) is 10.3 Å². The van der Waals surface area contributed by atoms with E-state index in [2.05, 4.69) is 15.0 Å². The van der Waals surface area contributed by atoms with Crippen molar-refractivity contribution < 1.29 is 27.4 Å². The zero-order chi connectivity index (χ0) is 17.7. The second-order valence-corrected chi connectivity index (χ2v) is 5.13. The average molecular weight is 342 g/mol. The lowest BCUT2D eigenvalue weighted by Gasteiger charge is -2.15. The summed E-state index contributed by atoms with van der Waals surface area (Å²) in [4.78, 5) is 16.2. The smallest absolute Gasteiger partial charge is 0.411 e. The van der Waals surface area contributed by atoms with Gasteiger partial charge in [-0.2, -0.15) is 13.2 Å². The minimum Gasteiger partial charge on any atom is -0.481 e. The number of pyridine rings is 1. The molecule has 0 aliphatic carbocycles. The molecule has 2 aromatic rings. The maximum Gasteiger partial charge on any atom is 0.411 e. The van der Waals surface area contributed by atoms with Crippen molar-refractivity contribution in [2.75, 3.05) is 13.7 Å². The lowest BCUT2D eigenvalue weighted by atomic mass is 10.1. The number of fused-ring (bicyclic) bond motifs is 1. The van der Waals surface area contributed by atoms with Crippen LogP contribution in [0.5, 0.6) is 5.88 Å². The van der Waals surface area contributed by atoms with Crippen molar-refractivity contribution in [1.29, 1.82) is 0 Å². The first-order valence-corrected chi connectivity index (χ1v) is 7.19. The van der Waals surface area contributed by atoms with E-state index in [4.69, 9.17) is 4.74 Å². The number of rotatable bonds is 6. The molecule has 0 unspecified atom stereocenters. The number of carbonyl (C=O) groups excluding carboxylic acids is 1. The van der Waals surface area contributed by atoms with Gasteiger partial charge in [0.2, 0.25) is 11.8 Å². The van der Waals surface area contributed by atoms with Gasteiger partial charge in [0.1, 0.15) is 12.7 Å². The Hall–Kier alpha value is -2.35. The number of hydrogen-bond donors (Lipinski definition) is 1. The zero-order valence-electron chi connectivity index (χ0n) is 13.2. The molecule has 1 aromatic heterocycles. The van der Waals surface area contributed by atoms with Crippen LogP contribution < -0.4 is 10.1 Å². The van der Waals surface area contributed by atoms with Gasteiger partial charge >= 0.3 is 6.18 Å². The van der Waals surface area contributed by atoms with Gasteiger partial charge in [-0.25, -0.2) is 4.98 Å². The van der Waals surface area contributed by atoms with E-state index in [1.807, 2.05) is 18.2 Å². The van der Waals surface area contributed by atoms with Crippen molar-refractivity contribution in [3.05, 3.63) is 35.9 Å². The van der Waals surface area contributed by atoms with E-state index in [0.29, 0.717) is 11.4 Å². The van der Waals surface area contributed by atoms with Crippen LogP contribution in [-0.4, -0.2) is 36.9 Å². The van der Waals surface area contributed by atoms with Gasteiger partial charge in [0.05, 0.1) is 12.6 Å². The molecule has 0 aliphatic heterocycles. The molecule has 0 spiro atoms. The minimum atomic E-state index is -4.47. The van der Waals surface area contributed by atoms with E-state index < -0.39 is 24.8 Å². The molecular formula is C16H17F3N2O3. The van der Waals surface area contributed by atoms with Gasteiger partial charge in [-0.1, -0.05) is 18.2 Å². The summed E-state index contributed by atoms with van der Waals surface area (Å²) in [6.07, 6.45) is -5.68. The van der Waals surface area contributed by atoms with Crippen LogP contribution in [0.2, 0.25) is 0 Å². The van der Waals surface area contributed by atoms with Gasteiger partial charge in [-0.15, -0.1) is 0 Å². The third kappa shape index (κ3) is 4.82. The van der Waals surface area contributed by atoms with Crippen LogP contribution in [0, 0.1) is 0 Å². The van der Waals surface area contributed by atoms with Crippen LogP contribution in [0.1, 0.15) is 12.5 Å². The molecule has 2 rings (SSSR count). The predicted octanol–water partition coefficient (Wildman–Crippen LogP) is 2.83. The van der Waals surface area contributed by atoms with Crippen LogP contribution in [0.15, 0.2) is 30.3 Å². The number of aromatic nitrogens is 1. The molecule has 1 amide bonds. The van der Waals surface area contributed by atoms with Gasteiger partial charge in [0.15, 0.2) is 0 Å². The summed E-state index contributed by atoms with van der Waals surface area (Å²) in [5.74, 6) is -0.238. The van der Waals surface area contributed by atoms with E-state index in [1.165, 1.54) is 14.0 Å². The largest absolute Gasteiger partial charge is 0.481 e. The van der Waals surface area contributed by atoms with Crippen LogP contribution in [0.3, 0.4) is 0 Å². The molecule has 0 saturated heterocycles. The highest BCUT2D eigenvalue weighted by Gasteiger charge is 2.29. The van der Waals surface area contributed by atoms with E-state index in [-0.39, 0.29) is 6.54 Å². The van der Waals surface area contributed by atoms with Gasteiger partial charge < -0.3 is 14.8 Å². The first-order chi connectivity index (χ1) is 11.3. The van der Waals surface area contributed by atoms with Crippen molar-refractivity contribution in [3.8, 4) is 5.88 Å². The van der Waals surface area contributed by atoms with Crippen molar-refractivity contribution >= 4 is 16.8 Å². The van der Waals surface area contributed by atoms with Gasteiger partial charge in [0.25, 0.3) is 0 Å². The number of hydrogen-bond acceptors (Lipinski definition) is 4. The summed E-state index contributed by atoms with van der Waals surface area (Å²) in [6.45, 7) is -0.0716. The Morgan fingerprint density at radius 3 is 2.71 bits per heavy atom. The topological polar surface area (TPSA) is 60.5 Å². The zero-order valence-corrected chi connectivity index (χ0v) is 13.2. The fourth-order valence-corrected chi connectivity index (χ4v) is 2.09. The Morgan fingerprint density at radius 1 is 1.33 bits per heavy atom. The van der Waals surface area contributed by atoms with Gasteiger partial charge in [-0.05, 0) is 18.6 Å². The van der Waals surface area contributed by atoms with E-state index in [9.17, 15) is 18.0 Å². The monoisotopic (exact) mass is 342 g/mol. The highest BCUT2D eigenvalue weighted by atomic mass is 19.4. The first-order valence-electron chi connectivity index (χ1n) is 7.19. The molecule has 1 aromatic carbocycles. The SMILES string of the molecule is COc1cc(CNC(=O)[C@@H](C)OCC(F)(F)F)c2ccccc2n1. The lowest BCUT2D eigenvalue weighted by molar-refractivity contribution is -0.185. The molecule has 130 valence electrons. The number of para-hydroxylation sites is 1. The highest BCUT2D eigenvalue weighted by molar-refractivity contribution is 5.84. The third-order valence-corrected chi connectivity index (χ3v) is 3.31. The Bertz CT molecular complexity index is 719. The van der Waals surface area contributed by atoms with Crippen LogP contribution in [0.25, 0.3) is 10.9 Å². The average Bonchev–Trinajstić information content (AvgIpc) is 2.56. The molecule has 0 bridgehead atoms. The molecule has 0 aliphatic rings. The molecule has 0 fully saturated rings. The Labute approximate surface area is 136 Å². The fourth-order valence-electron chi connectivity index (χ4n) is 2.09. The molecule has 0 saturated carbocycles. The fraction of sp³-hybridized carbons (Fsp3) is 0.375. The van der Waals surface area contributed by atoms with Crippen LogP contribution >= 0.6 is 0 Å². The number of halogens is 3. The number of ether oxygens (including phenoxy) is 2.